The van der Waals surface area contributed by atoms with Crippen molar-refractivity contribution in [2.45, 2.75) is 20.8 Å². The summed E-state index contributed by atoms with van der Waals surface area (Å²) in [7, 11) is 1.97. The number of benzene rings is 1. The largest absolute Gasteiger partial charge is 0.492 e. The molecule has 0 saturated heterocycles. The molecule has 0 radical (unpaired) electrons. The molecule has 0 atom stereocenters. The van der Waals surface area contributed by atoms with E-state index in [1.807, 2.05) is 20.0 Å². The Morgan fingerprint density at radius 1 is 1.37 bits per heavy atom. The van der Waals surface area contributed by atoms with E-state index in [2.05, 4.69) is 63.2 Å². The third-order valence-electron chi connectivity index (χ3n) is 2.79. The minimum absolute atomic E-state index is 0.500. The van der Waals surface area contributed by atoms with Gasteiger partial charge in [-0.15, -0.1) is 0 Å². The lowest BCUT2D eigenvalue weighted by Gasteiger charge is -2.15. The highest BCUT2D eigenvalue weighted by Gasteiger charge is 2.10. The highest BCUT2D eigenvalue weighted by atomic mass is 79.9. The van der Waals surface area contributed by atoms with E-state index >= 15 is 0 Å². The van der Waals surface area contributed by atoms with Crippen LogP contribution in [0.3, 0.4) is 0 Å². The van der Waals surface area contributed by atoms with E-state index in [9.17, 15) is 0 Å². The summed E-state index contributed by atoms with van der Waals surface area (Å²) in [4.78, 5) is 0. The summed E-state index contributed by atoms with van der Waals surface area (Å²) in [5, 5.41) is 3.22. The molecule has 0 spiro atoms. The van der Waals surface area contributed by atoms with Crippen LogP contribution in [0.1, 0.15) is 26.3 Å². The zero-order chi connectivity index (χ0) is 14.4. The number of ether oxygens (including phenoxy) is 1. The standard InChI is InChI=1S/C15H21Br2NO/c1-5-19-15-11(7-13(16)8-14(15)17)6-12(9-18-4)10(2)3/h6-8,10,18H,5,9H2,1-4H3. The lowest BCUT2D eigenvalue weighted by Crippen LogP contribution is -2.14. The summed E-state index contributed by atoms with van der Waals surface area (Å²) >= 11 is 7.10. The maximum atomic E-state index is 5.75. The molecule has 19 heavy (non-hydrogen) atoms. The fourth-order valence-corrected chi connectivity index (χ4v) is 3.18. The fraction of sp³-hybridized carbons (Fsp3) is 0.467. The van der Waals surface area contributed by atoms with Gasteiger partial charge in [-0.05, 0) is 48.0 Å². The van der Waals surface area contributed by atoms with Crippen molar-refractivity contribution in [1.29, 1.82) is 0 Å². The maximum Gasteiger partial charge on any atom is 0.140 e. The van der Waals surface area contributed by atoms with Gasteiger partial charge in [0.1, 0.15) is 5.75 Å². The van der Waals surface area contributed by atoms with Gasteiger partial charge >= 0.3 is 0 Å². The van der Waals surface area contributed by atoms with E-state index in [-0.39, 0.29) is 0 Å². The number of nitrogens with one attached hydrogen (secondary N) is 1. The van der Waals surface area contributed by atoms with Crippen molar-refractivity contribution in [2.75, 3.05) is 20.2 Å². The Kier molecular flexibility index (Phi) is 7.11. The molecule has 0 aliphatic rings. The summed E-state index contributed by atoms with van der Waals surface area (Å²) in [6.45, 7) is 7.95. The van der Waals surface area contributed by atoms with Crippen LogP contribution in [0.4, 0.5) is 0 Å². The second kappa shape index (κ2) is 8.08. The van der Waals surface area contributed by atoms with Gasteiger partial charge in [0, 0.05) is 16.6 Å². The number of halogens is 2. The monoisotopic (exact) mass is 389 g/mol. The Morgan fingerprint density at radius 2 is 2.05 bits per heavy atom. The van der Waals surface area contributed by atoms with Crippen LogP contribution in [-0.4, -0.2) is 20.2 Å². The molecule has 0 unspecified atom stereocenters. The highest BCUT2D eigenvalue weighted by Crippen LogP contribution is 2.34. The van der Waals surface area contributed by atoms with Gasteiger partial charge < -0.3 is 10.1 Å². The Morgan fingerprint density at radius 3 is 2.58 bits per heavy atom. The van der Waals surface area contributed by atoms with E-state index < -0.39 is 0 Å². The first-order valence-electron chi connectivity index (χ1n) is 6.46. The molecular formula is C15H21Br2NO. The van der Waals surface area contributed by atoms with Gasteiger partial charge in [-0.2, -0.15) is 0 Å². The molecule has 0 amide bonds. The van der Waals surface area contributed by atoms with Gasteiger partial charge in [-0.3, -0.25) is 0 Å². The van der Waals surface area contributed by atoms with Crippen molar-refractivity contribution in [3.63, 3.8) is 0 Å². The lowest BCUT2D eigenvalue weighted by molar-refractivity contribution is 0.337. The number of hydrogen-bond acceptors (Lipinski definition) is 2. The summed E-state index contributed by atoms with van der Waals surface area (Å²) in [6, 6.07) is 4.10. The van der Waals surface area contributed by atoms with Crippen LogP contribution >= 0.6 is 31.9 Å². The first kappa shape index (κ1) is 16.7. The Balaban J connectivity index is 3.26. The SMILES string of the molecule is CCOc1c(Br)cc(Br)cc1C=C(CNC)C(C)C. The normalized spacial score (nSPS) is 12.1. The smallest absolute Gasteiger partial charge is 0.140 e. The maximum absolute atomic E-state index is 5.75. The Bertz CT molecular complexity index is 456. The van der Waals surface area contributed by atoms with Crippen LogP contribution < -0.4 is 10.1 Å². The number of likely N-dealkylation sites (N-methyl/N-ethyl adjacent to an activating group) is 1. The third-order valence-corrected chi connectivity index (χ3v) is 3.84. The molecule has 1 aromatic rings. The van der Waals surface area contributed by atoms with Crippen LogP contribution in [-0.2, 0) is 0 Å². The first-order chi connectivity index (χ1) is 8.99. The number of hydrogen-bond donors (Lipinski definition) is 1. The van der Waals surface area contributed by atoms with Crippen molar-refractivity contribution in [1.82, 2.24) is 5.32 Å². The quantitative estimate of drug-likeness (QED) is 0.748. The molecule has 1 N–H and O–H groups in total. The Labute approximate surface area is 132 Å². The zero-order valence-corrected chi connectivity index (χ0v) is 15.1. The summed E-state index contributed by atoms with van der Waals surface area (Å²) < 4.78 is 7.77. The van der Waals surface area contributed by atoms with Crippen molar-refractivity contribution >= 4 is 37.9 Å². The molecule has 1 rings (SSSR count). The molecule has 0 aliphatic carbocycles. The van der Waals surface area contributed by atoms with Gasteiger partial charge in [0.25, 0.3) is 0 Å². The van der Waals surface area contributed by atoms with Gasteiger partial charge in [0.05, 0.1) is 11.1 Å². The van der Waals surface area contributed by atoms with Crippen LogP contribution in [0.5, 0.6) is 5.75 Å². The van der Waals surface area contributed by atoms with E-state index in [1.54, 1.807) is 0 Å². The van der Waals surface area contributed by atoms with E-state index in [4.69, 9.17) is 4.74 Å². The molecule has 2 nitrogen and oxygen atoms in total. The molecule has 0 bridgehead atoms. The van der Waals surface area contributed by atoms with Crippen LogP contribution in [0.15, 0.2) is 26.7 Å². The van der Waals surface area contributed by atoms with Crippen molar-refractivity contribution in [3.8, 4) is 5.75 Å². The molecular weight excluding hydrogens is 370 g/mol. The van der Waals surface area contributed by atoms with Gasteiger partial charge in [0.15, 0.2) is 0 Å². The molecule has 1 aromatic carbocycles. The second-order valence-corrected chi connectivity index (χ2v) is 6.41. The second-order valence-electron chi connectivity index (χ2n) is 4.64. The molecule has 0 aliphatic heterocycles. The summed E-state index contributed by atoms with van der Waals surface area (Å²) in [5.41, 5.74) is 2.45. The predicted molar refractivity (Wildman–Crippen MR) is 89.8 cm³/mol. The molecule has 106 valence electrons. The minimum Gasteiger partial charge on any atom is -0.492 e. The van der Waals surface area contributed by atoms with E-state index in [1.165, 1.54) is 5.57 Å². The first-order valence-corrected chi connectivity index (χ1v) is 8.05. The fourth-order valence-electron chi connectivity index (χ4n) is 1.81. The molecule has 0 aromatic heterocycles. The molecule has 0 fully saturated rings. The highest BCUT2D eigenvalue weighted by molar-refractivity contribution is 9.11. The topological polar surface area (TPSA) is 21.3 Å². The van der Waals surface area contributed by atoms with E-state index in [0.717, 1.165) is 26.8 Å². The average molecular weight is 391 g/mol. The van der Waals surface area contributed by atoms with Crippen LogP contribution in [0.2, 0.25) is 0 Å². The van der Waals surface area contributed by atoms with E-state index in [0.29, 0.717) is 12.5 Å². The lowest BCUT2D eigenvalue weighted by atomic mass is 10.00. The van der Waals surface area contributed by atoms with Gasteiger partial charge in [-0.1, -0.05) is 41.4 Å². The van der Waals surface area contributed by atoms with Crippen molar-refractivity contribution in [3.05, 3.63) is 32.2 Å². The predicted octanol–water partition coefficient (Wildman–Crippen LogP) is 4.87. The van der Waals surface area contributed by atoms with Crippen LogP contribution in [0.25, 0.3) is 6.08 Å². The average Bonchev–Trinajstić information content (AvgIpc) is 2.32. The van der Waals surface area contributed by atoms with Crippen molar-refractivity contribution in [2.24, 2.45) is 5.92 Å². The Hall–Kier alpha value is -0.320. The number of rotatable bonds is 6. The molecule has 0 heterocycles. The minimum atomic E-state index is 0.500. The van der Waals surface area contributed by atoms with Crippen LogP contribution in [0, 0.1) is 5.92 Å². The van der Waals surface area contributed by atoms with Gasteiger partial charge in [-0.25, -0.2) is 0 Å². The third kappa shape index (κ3) is 4.93. The molecule has 4 heteroatoms. The van der Waals surface area contributed by atoms with Gasteiger partial charge in [0.2, 0.25) is 0 Å². The summed E-state index contributed by atoms with van der Waals surface area (Å²) in [6.07, 6.45) is 2.21. The molecule has 0 saturated carbocycles. The zero-order valence-electron chi connectivity index (χ0n) is 11.9. The van der Waals surface area contributed by atoms with Crippen molar-refractivity contribution < 1.29 is 4.74 Å². The summed E-state index contributed by atoms with van der Waals surface area (Å²) in [5.74, 6) is 1.40.